The number of nitrogens with zero attached hydrogens (tertiary/aromatic N) is 3. The van der Waals surface area contributed by atoms with Crippen LogP contribution in [0.3, 0.4) is 0 Å². The largest absolute Gasteiger partial charge is 0.379 e. The lowest BCUT2D eigenvalue weighted by molar-refractivity contribution is 0.0696. The Balaban J connectivity index is 1.50. The van der Waals surface area contributed by atoms with Crippen LogP contribution in [-0.2, 0) is 4.74 Å². The van der Waals surface area contributed by atoms with Crippen LogP contribution in [0, 0.1) is 5.92 Å². The van der Waals surface area contributed by atoms with Crippen LogP contribution in [0.4, 0.5) is 0 Å². The lowest BCUT2D eigenvalue weighted by atomic mass is 9.92. The van der Waals surface area contributed by atoms with Crippen LogP contribution in [0.2, 0.25) is 0 Å². The molecule has 0 unspecified atom stereocenters. The first-order valence-corrected chi connectivity index (χ1v) is 9.38. The lowest BCUT2D eigenvalue weighted by Gasteiger charge is -2.36. The molecule has 0 bridgehead atoms. The Bertz CT molecular complexity index is 282. The van der Waals surface area contributed by atoms with Crippen molar-refractivity contribution < 1.29 is 4.74 Å². The van der Waals surface area contributed by atoms with Gasteiger partial charge in [0.05, 0.1) is 6.10 Å². The molecule has 4 nitrogen and oxygen atoms in total. The highest BCUT2D eigenvalue weighted by Gasteiger charge is 2.20. The molecule has 2 heterocycles. The predicted octanol–water partition coefficient (Wildman–Crippen LogP) is 2.15. The van der Waals surface area contributed by atoms with E-state index in [2.05, 4.69) is 35.6 Å². The SMILES string of the molecule is CC(C)OCCCC1CCN(CCN2CCN(C)CC2)CC1. The summed E-state index contributed by atoms with van der Waals surface area (Å²) in [5.74, 6) is 0.940. The molecule has 130 valence electrons. The van der Waals surface area contributed by atoms with Gasteiger partial charge in [0.2, 0.25) is 0 Å². The number of piperazine rings is 1. The second-order valence-electron chi connectivity index (χ2n) is 7.49. The second-order valence-corrected chi connectivity index (χ2v) is 7.49. The Hall–Kier alpha value is -0.160. The quantitative estimate of drug-likeness (QED) is 0.639. The minimum absolute atomic E-state index is 0.386. The summed E-state index contributed by atoms with van der Waals surface area (Å²) < 4.78 is 5.65. The summed E-state index contributed by atoms with van der Waals surface area (Å²) in [6.45, 7) is 15.3. The number of ether oxygens (including phenoxy) is 1. The number of likely N-dealkylation sites (tertiary alicyclic amines) is 1. The summed E-state index contributed by atoms with van der Waals surface area (Å²) in [4.78, 5) is 7.75. The zero-order valence-corrected chi connectivity index (χ0v) is 15.1. The average Bonchev–Trinajstić information content (AvgIpc) is 2.52. The zero-order chi connectivity index (χ0) is 15.8. The molecule has 2 rings (SSSR count). The third-order valence-electron chi connectivity index (χ3n) is 5.24. The van der Waals surface area contributed by atoms with Crippen molar-refractivity contribution in [2.24, 2.45) is 5.92 Å². The van der Waals surface area contributed by atoms with Crippen molar-refractivity contribution in [1.82, 2.24) is 14.7 Å². The van der Waals surface area contributed by atoms with Crippen molar-refractivity contribution in [2.45, 2.75) is 45.6 Å². The molecule has 0 saturated carbocycles. The van der Waals surface area contributed by atoms with Gasteiger partial charge in [0.15, 0.2) is 0 Å². The maximum Gasteiger partial charge on any atom is 0.0518 e. The first kappa shape index (κ1) is 18.2. The minimum Gasteiger partial charge on any atom is -0.379 e. The van der Waals surface area contributed by atoms with E-state index in [1.807, 2.05) is 0 Å². The van der Waals surface area contributed by atoms with E-state index in [1.54, 1.807) is 0 Å². The van der Waals surface area contributed by atoms with Crippen LogP contribution in [0.25, 0.3) is 0 Å². The Morgan fingerprint density at radius 2 is 1.50 bits per heavy atom. The van der Waals surface area contributed by atoms with Crippen molar-refractivity contribution in [1.29, 1.82) is 0 Å². The molecule has 2 saturated heterocycles. The highest BCUT2D eigenvalue weighted by molar-refractivity contribution is 4.75. The summed E-state index contributed by atoms with van der Waals surface area (Å²) in [5.41, 5.74) is 0. The lowest BCUT2D eigenvalue weighted by Crippen LogP contribution is -2.47. The Morgan fingerprint density at radius 3 is 2.09 bits per heavy atom. The van der Waals surface area contributed by atoms with Crippen LogP contribution in [-0.4, -0.2) is 86.8 Å². The molecule has 0 aromatic heterocycles. The van der Waals surface area contributed by atoms with Gasteiger partial charge < -0.3 is 14.5 Å². The average molecular weight is 312 g/mol. The maximum absolute atomic E-state index is 5.65. The fourth-order valence-corrected chi connectivity index (χ4v) is 3.54. The fourth-order valence-electron chi connectivity index (χ4n) is 3.54. The zero-order valence-electron chi connectivity index (χ0n) is 15.1. The molecular weight excluding hydrogens is 274 g/mol. The normalized spacial score (nSPS) is 23.5. The topological polar surface area (TPSA) is 19.0 Å². The monoisotopic (exact) mass is 311 g/mol. The van der Waals surface area contributed by atoms with Crippen molar-refractivity contribution >= 4 is 0 Å². The predicted molar refractivity (Wildman–Crippen MR) is 93.4 cm³/mol. The van der Waals surface area contributed by atoms with Gasteiger partial charge in [0.25, 0.3) is 0 Å². The molecule has 0 atom stereocenters. The highest BCUT2D eigenvalue weighted by atomic mass is 16.5. The van der Waals surface area contributed by atoms with Crippen molar-refractivity contribution in [2.75, 3.05) is 66.0 Å². The van der Waals surface area contributed by atoms with Gasteiger partial charge >= 0.3 is 0 Å². The van der Waals surface area contributed by atoms with E-state index in [9.17, 15) is 0 Å². The van der Waals surface area contributed by atoms with Crippen LogP contribution in [0.5, 0.6) is 0 Å². The highest BCUT2D eigenvalue weighted by Crippen LogP contribution is 2.21. The first-order chi connectivity index (χ1) is 10.6. The van der Waals surface area contributed by atoms with Crippen LogP contribution in [0.15, 0.2) is 0 Å². The van der Waals surface area contributed by atoms with Gasteiger partial charge in [-0.2, -0.15) is 0 Å². The van der Waals surface area contributed by atoms with Crippen molar-refractivity contribution in [3.63, 3.8) is 0 Å². The van der Waals surface area contributed by atoms with Gasteiger partial charge in [0, 0.05) is 45.9 Å². The Morgan fingerprint density at radius 1 is 0.909 bits per heavy atom. The van der Waals surface area contributed by atoms with Crippen molar-refractivity contribution in [3.05, 3.63) is 0 Å². The number of piperidine rings is 1. The Kier molecular flexibility index (Phi) is 8.15. The first-order valence-electron chi connectivity index (χ1n) is 9.38. The van der Waals surface area contributed by atoms with E-state index in [0.717, 1.165) is 12.5 Å². The Labute approximate surface area is 137 Å². The van der Waals surface area contributed by atoms with Gasteiger partial charge in [-0.3, -0.25) is 4.90 Å². The molecule has 2 aliphatic heterocycles. The van der Waals surface area contributed by atoms with Crippen LogP contribution >= 0.6 is 0 Å². The van der Waals surface area contributed by atoms with Gasteiger partial charge in [-0.05, 0) is 65.6 Å². The molecule has 0 radical (unpaired) electrons. The molecule has 0 aromatic rings. The van der Waals surface area contributed by atoms with E-state index >= 15 is 0 Å². The fraction of sp³-hybridized carbons (Fsp3) is 1.00. The summed E-state index contributed by atoms with van der Waals surface area (Å²) in [7, 11) is 2.23. The molecule has 0 N–H and O–H groups in total. The third-order valence-corrected chi connectivity index (χ3v) is 5.24. The third kappa shape index (κ3) is 6.95. The molecule has 0 spiro atoms. The van der Waals surface area contributed by atoms with Gasteiger partial charge in [-0.25, -0.2) is 0 Å². The van der Waals surface area contributed by atoms with E-state index in [-0.39, 0.29) is 0 Å². The van der Waals surface area contributed by atoms with E-state index in [1.165, 1.54) is 78.0 Å². The summed E-state index contributed by atoms with van der Waals surface area (Å²) in [6.07, 6.45) is 5.77. The molecule has 22 heavy (non-hydrogen) atoms. The standard InChI is InChI=1S/C18H37N3O/c1-17(2)22-16-4-5-18-6-8-20(9-7-18)14-15-21-12-10-19(3)11-13-21/h17-18H,4-16H2,1-3H3. The maximum atomic E-state index is 5.65. The molecular formula is C18H37N3O. The molecule has 0 aromatic carbocycles. The second kappa shape index (κ2) is 9.86. The molecule has 2 aliphatic rings. The molecule has 4 heteroatoms. The van der Waals surface area contributed by atoms with Crippen molar-refractivity contribution in [3.8, 4) is 0 Å². The van der Waals surface area contributed by atoms with E-state index < -0.39 is 0 Å². The molecule has 0 aliphatic carbocycles. The summed E-state index contributed by atoms with van der Waals surface area (Å²) >= 11 is 0. The summed E-state index contributed by atoms with van der Waals surface area (Å²) in [5, 5.41) is 0. The van der Waals surface area contributed by atoms with Gasteiger partial charge in [0.1, 0.15) is 0 Å². The number of rotatable bonds is 8. The number of hydrogen-bond donors (Lipinski definition) is 0. The van der Waals surface area contributed by atoms with Crippen LogP contribution < -0.4 is 0 Å². The molecule has 2 fully saturated rings. The smallest absolute Gasteiger partial charge is 0.0518 e. The van der Waals surface area contributed by atoms with Gasteiger partial charge in [-0.1, -0.05) is 0 Å². The van der Waals surface area contributed by atoms with Gasteiger partial charge in [-0.15, -0.1) is 0 Å². The van der Waals surface area contributed by atoms with Crippen LogP contribution in [0.1, 0.15) is 39.5 Å². The van der Waals surface area contributed by atoms with E-state index in [4.69, 9.17) is 4.74 Å². The summed E-state index contributed by atoms with van der Waals surface area (Å²) in [6, 6.07) is 0. The van der Waals surface area contributed by atoms with E-state index in [0.29, 0.717) is 6.10 Å². The number of hydrogen-bond acceptors (Lipinski definition) is 4. The number of likely N-dealkylation sites (N-methyl/N-ethyl adjacent to an activating group) is 1. The minimum atomic E-state index is 0.386. The molecule has 0 amide bonds.